The molecule has 1 aromatic heterocycles. The fourth-order valence-corrected chi connectivity index (χ4v) is 2.38. The number of hydrogen-bond donors (Lipinski definition) is 0. The van der Waals surface area contributed by atoms with Gasteiger partial charge >= 0.3 is 0 Å². The van der Waals surface area contributed by atoms with Crippen molar-refractivity contribution < 1.29 is 0 Å². The summed E-state index contributed by atoms with van der Waals surface area (Å²) in [6.45, 7) is 12.0. The summed E-state index contributed by atoms with van der Waals surface area (Å²) in [6.07, 6.45) is 18.4. The lowest BCUT2D eigenvalue weighted by Gasteiger charge is -2.13. The second kappa shape index (κ2) is 30.6. The van der Waals surface area contributed by atoms with Crippen LogP contribution >= 0.6 is 0 Å². The fourth-order valence-electron chi connectivity index (χ4n) is 2.38. The van der Waals surface area contributed by atoms with Crippen LogP contribution in [0.5, 0.6) is 0 Å². The average molecular weight is 400 g/mol. The van der Waals surface area contributed by atoms with Crippen molar-refractivity contribution in [2.24, 2.45) is 0 Å². The molecule has 0 saturated carbocycles. The summed E-state index contributed by atoms with van der Waals surface area (Å²) < 4.78 is 0. The molecule has 0 atom stereocenters. The van der Waals surface area contributed by atoms with Crippen molar-refractivity contribution >= 4 is 0 Å². The topological polar surface area (TPSA) is 12.9 Å². The summed E-state index contributed by atoms with van der Waals surface area (Å²) in [6, 6.07) is 14.5. The van der Waals surface area contributed by atoms with E-state index in [9.17, 15) is 0 Å². The van der Waals surface area contributed by atoms with Gasteiger partial charge in [-0.05, 0) is 55.4 Å². The highest BCUT2D eigenvalue weighted by atomic mass is 14.6. The molecule has 0 spiro atoms. The van der Waals surface area contributed by atoms with E-state index in [1.165, 1.54) is 25.7 Å². The van der Waals surface area contributed by atoms with Gasteiger partial charge in [-0.2, -0.15) is 0 Å². The maximum atomic E-state index is 3.78. The van der Waals surface area contributed by atoms with Gasteiger partial charge < -0.3 is 0 Å². The van der Waals surface area contributed by atoms with Gasteiger partial charge in [0.25, 0.3) is 0 Å². The molecule has 1 nitrogen and oxygen atoms in total. The Balaban J connectivity index is -0.000000145. The van der Waals surface area contributed by atoms with Crippen molar-refractivity contribution in [3.8, 4) is 0 Å². The average Bonchev–Trinajstić information content (AvgIpc) is 3.40. The zero-order valence-corrected chi connectivity index (χ0v) is 18.5. The molecule has 4 rings (SSSR count). The van der Waals surface area contributed by atoms with Crippen LogP contribution in [0.25, 0.3) is 0 Å². The quantitative estimate of drug-likeness (QED) is 0.429. The van der Waals surface area contributed by atoms with Crippen LogP contribution in [-0.4, -0.2) is 4.98 Å². The first-order valence-corrected chi connectivity index (χ1v) is 10.7. The number of fused-ring (bicyclic) bond motifs is 1. The van der Waals surface area contributed by atoms with E-state index in [-0.39, 0.29) is 14.9 Å². The van der Waals surface area contributed by atoms with Crippen LogP contribution in [0.4, 0.5) is 0 Å². The van der Waals surface area contributed by atoms with Gasteiger partial charge in [0.15, 0.2) is 0 Å². The molecule has 0 saturated heterocycles. The predicted octanol–water partition coefficient (Wildman–Crippen LogP) is 9.50. The highest BCUT2D eigenvalue weighted by Crippen LogP contribution is 2.19. The van der Waals surface area contributed by atoms with Gasteiger partial charge in [-0.15, -0.1) is 0 Å². The number of benzene rings is 1. The molecule has 0 fully saturated rings. The molecular weight excluding hydrogens is 350 g/mol. The molecule has 166 valence electrons. The van der Waals surface area contributed by atoms with Gasteiger partial charge in [0, 0.05) is 12.4 Å². The Morgan fingerprint density at radius 1 is 0.586 bits per heavy atom. The lowest BCUT2D eigenvalue weighted by molar-refractivity contribution is 0.685. The molecule has 1 heterocycles. The maximum absolute atomic E-state index is 3.78. The largest absolute Gasteiger partial charge is 0.265 e. The van der Waals surface area contributed by atoms with Crippen molar-refractivity contribution in [1.29, 1.82) is 0 Å². The maximum Gasteiger partial charge on any atom is 0.0267 e. The van der Waals surface area contributed by atoms with Crippen molar-refractivity contribution in [2.75, 3.05) is 0 Å². The monoisotopic (exact) mass is 399 g/mol. The Kier molecular flexibility index (Phi) is 36.2. The Bertz CT molecular complexity index is 494. The molecule has 0 amide bonds. The fraction of sp³-hybridized carbons (Fsp3) is 0.464. The SMILES string of the molecule is C.C.C1=CCC=C1.CC.CC.CC.c1ccc2c(c1)CCCC2.c1ccncc1. The van der Waals surface area contributed by atoms with Crippen LogP contribution in [0.3, 0.4) is 0 Å². The van der Waals surface area contributed by atoms with E-state index < -0.39 is 0 Å². The molecule has 1 heteroatoms. The third kappa shape index (κ3) is 20.4. The minimum atomic E-state index is 0. The van der Waals surface area contributed by atoms with Gasteiger partial charge in [0.05, 0.1) is 0 Å². The number of aryl methyl sites for hydroxylation is 2. The zero-order valence-electron chi connectivity index (χ0n) is 18.5. The number of nitrogens with zero attached hydrogens (tertiary/aromatic N) is 1. The number of pyridine rings is 1. The Morgan fingerprint density at radius 3 is 1.24 bits per heavy atom. The van der Waals surface area contributed by atoms with Crippen LogP contribution in [0, 0.1) is 0 Å². The minimum absolute atomic E-state index is 0. The molecule has 0 unspecified atom stereocenters. The van der Waals surface area contributed by atoms with E-state index in [4.69, 9.17) is 0 Å². The molecule has 0 radical (unpaired) electrons. The van der Waals surface area contributed by atoms with Gasteiger partial charge in [-0.1, -0.05) is 111 Å². The summed E-state index contributed by atoms with van der Waals surface area (Å²) in [5, 5.41) is 0. The van der Waals surface area contributed by atoms with E-state index in [2.05, 4.69) is 53.6 Å². The highest BCUT2D eigenvalue weighted by Gasteiger charge is 2.05. The predicted molar refractivity (Wildman–Crippen MR) is 138 cm³/mol. The van der Waals surface area contributed by atoms with Crippen LogP contribution in [0.2, 0.25) is 0 Å². The van der Waals surface area contributed by atoms with Gasteiger partial charge in [0.2, 0.25) is 0 Å². The summed E-state index contributed by atoms with van der Waals surface area (Å²) in [5.41, 5.74) is 3.16. The molecule has 2 aromatic rings. The second-order valence-corrected chi connectivity index (χ2v) is 5.09. The van der Waals surface area contributed by atoms with Crippen LogP contribution in [0.15, 0.2) is 79.2 Å². The molecular formula is C28H49N. The molecule has 0 aliphatic heterocycles. The molecule has 2 aliphatic carbocycles. The normalized spacial score (nSPS) is 11.0. The van der Waals surface area contributed by atoms with Crippen molar-refractivity contribution in [2.45, 2.75) is 88.5 Å². The zero-order chi connectivity index (χ0) is 20.6. The lowest BCUT2D eigenvalue weighted by Crippen LogP contribution is -2.00. The third-order valence-electron chi connectivity index (χ3n) is 3.48. The molecule has 0 N–H and O–H groups in total. The van der Waals surface area contributed by atoms with E-state index >= 15 is 0 Å². The number of hydrogen-bond acceptors (Lipinski definition) is 1. The summed E-state index contributed by atoms with van der Waals surface area (Å²) in [5.74, 6) is 0. The van der Waals surface area contributed by atoms with Gasteiger partial charge in [-0.25, -0.2) is 0 Å². The Labute approximate surface area is 184 Å². The molecule has 2 aliphatic rings. The summed E-state index contributed by atoms with van der Waals surface area (Å²) in [7, 11) is 0. The third-order valence-corrected chi connectivity index (χ3v) is 3.48. The summed E-state index contributed by atoms with van der Waals surface area (Å²) >= 11 is 0. The highest BCUT2D eigenvalue weighted by molar-refractivity contribution is 5.28. The van der Waals surface area contributed by atoms with Crippen molar-refractivity contribution in [1.82, 2.24) is 4.98 Å². The first kappa shape index (κ1) is 34.4. The smallest absolute Gasteiger partial charge is 0.0267 e. The molecule has 1 aromatic carbocycles. The first-order chi connectivity index (χ1) is 13.5. The summed E-state index contributed by atoms with van der Waals surface area (Å²) in [4.78, 5) is 3.78. The van der Waals surface area contributed by atoms with Crippen LogP contribution < -0.4 is 0 Å². The van der Waals surface area contributed by atoms with E-state index in [0.717, 1.165) is 6.42 Å². The van der Waals surface area contributed by atoms with E-state index in [0.29, 0.717) is 0 Å². The molecule has 0 bridgehead atoms. The number of aromatic nitrogens is 1. The van der Waals surface area contributed by atoms with Crippen molar-refractivity contribution in [3.05, 3.63) is 90.3 Å². The van der Waals surface area contributed by atoms with Crippen LogP contribution in [-0.2, 0) is 12.8 Å². The van der Waals surface area contributed by atoms with E-state index in [1.54, 1.807) is 23.5 Å². The Hall–Kier alpha value is -2.15. The minimum Gasteiger partial charge on any atom is -0.265 e. The van der Waals surface area contributed by atoms with E-state index in [1.807, 2.05) is 59.7 Å². The lowest BCUT2D eigenvalue weighted by atomic mass is 9.92. The van der Waals surface area contributed by atoms with Crippen LogP contribution in [0.1, 0.15) is 86.8 Å². The number of rotatable bonds is 0. The first-order valence-electron chi connectivity index (χ1n) is 10.7. The molecule has 29 heavy (non-hydrogen) atoms. The number of allylic oxidation sites excluding steroid dienone is 4. The van der Waals surface area contributed by atoms with Gasteiger partial charge in [-0.3, -0.25) is 4.98 Å². The Morgan fingerprint density at radius 2 is 1.00 bits per heavy atom. The second-order valence-electron chi connectivity index (χ2n) is 5.09. The van der Waals surface area contributed by atoms with Gasteiger partial charge in [0.1, 0.15) is 0 Å². The van der Waals surface area contributed by atoms with Crippen molar-refractivity contribution in [3.63, 3.8) is 0 Å². The standard InChI is InChI=1S/C10H12.C5H5N.C5H6.3C2H6.2CH4/c1-2-6-10-8-4-3-7-9(10)5-1;1-2-4-6-5-3-1;1-2-4-5-3-1;3*1-2;;/h1-2,5-6H,3-4,7-8H2;1-5H;1-4H,5H2;3*1-2H3;2*1H4.